The summed E-state index contributed by atoms with van der Waals surface area (Å²) < 4.78 is 6.51. The molecular weight excluding hydrogens is 334 g/mol. The minimum absolute atomic E-state index is 0.325. The number of ether oxygens (including phenoxy) is 1. The first-order chi connectivity index (χ1) is 10.2. The van der Waals surface area contributed by atoms with E-state index >= 15 is 0 Å². The lowest BCUT2D eigenvalue weighted by atomic mass is 10.2. The Kier molecular flexibility index (Phi) is 5.74. The van der Waals surface area contributed by atoms with E-state index in [2.05, 4.69) is 41.5 Å². The number of hydrogen-bond donors (Lipinski definition) is 2. The van der Waals surface area contributed by atoms with Crippen LogP contribution >= 0.6 is 15.9 Å². The van der Waals surface area contributed by atoms with Gasteiger partial charge in [-0.15, -0.1) is 0 Å². The molecule has 0 fully saturated rings. The SMILES string of the molecule is CCCOc1nc(NC)nc(NCc2ccccc2Br)n1. The van der Waals surface area contributed by atoms with Crippen molar-refractivity contribution in [1.29, 1.82) is 0 Å². The van der Waals surface area contributed by atoms with Crippen molar-refractivity contribution in [2.75, 3.05) is 24.3 Å². The molecule has 0 bridgehead atoms. The molecule has 2 rings (SSSR count). The molecule has 7 heteroatoms. The molecule has 1 heterocycles. The fraction of sp³-hybridized carbons (Fsp3) is 0.357. The van der Waals surface area contributed by atoms with Gasteiger partial charge in [-0.1, -0.05) is 41.1 Å². The summed E-state index contributed by atoms with van der Waals surface area (Å²) in [7, 11) is 1.76. The molecule has 0 aliphatic rings. The summed E-state index contributed by atoms with van der Waals surface area (Å²) >= 11 is 3.52. The molecule has 0 atom stereocenters. The molecule has 1 aromatic heterocycles. The molecule has 0 spiro atoms. The highest BCUT2D eigenvalue weighted by molar-refractivity contribution is 9.10. The number of hydrogen-bond acceptors (Lipinski definition) is 6. The van der Waals surface area contributed by atoms with Gasteiger partial charge in [-0.25, -0.2) is 0 Å². The smallest absolute Gasteiger partial charge is 0.323 e. The van der Waals surface area contributed by atoms with Crippen LogP contribution in [0.25, 0.3) is 0 Å². The predicted octanol–water partition coefficient (Wildman–Crippen LogP) is 3.08. The second kappa shape index (κ2) is 7.78. The van der Waals surface area contributed by atoms with Gasteiger partial charge in [-0.2, -0.15) is 15.0 Å². The molecule has 6 nitrogen and oxygen atoms in total. The van der Waals surface area contributed by atoms with E-state index in [4.69, 9.17) is 4.74 Å². The van der Waals surface area contributed by atoms with Crippen LogP contribution in [0.1, 0.15) is 18.9 Å². The monoisotopic (exact) mass is 351 g/mol. The molecule has 0 unspecified atom stereocenters. The van der Waals surface area contributed by atoms with Crippen LogP contribution in [0, 0.1) is 0 Å². The first-order valence-corrected chi connectivity index (χ1v) is 7.56. The summed E-state index contributed by atoms with van der Waals surface area (Å²) in [6, 6.07) is 8.33. The highest BCUT2D eigenvalue weighted by Gasteiger charge is 2.07. The summed E-state index contributed by atoms with van der Waals surface area (Å²) in [5.74, 6) is 0.960. The second-order valence-electron chi connectivity index (χ2n) is 4.31. The van der Waals surface area contributed by atoms with Gasteiger partial charge >= 0.3 is 6.01 Å². The molecule has 2 aromatic rings. The Morgan fingerprint density at radius 2 is 1.90 bits per heavy atom. The highest BCUT2D eigenvalue weighted by atomic mass is 79.9. The fourth-order valence-electron chi connectivity index (χ4n) is 1.62. The number of nitrogens with zero attached hydrogens (tertiary/aromatic N) is 3. The largest absolute Gasteiger partial charge is 0.463 e. The molecule has 0 radical (unpaired) electrons. The normalized spacial score (nSPS) is 10.2. The van der Waals surface area contributed by atoms with Crippen LogP contribution in [0.5, 0.6) is 6.01 Å². The molecule has 0 aliphatic heterocycles. The zero-order valence-electron chi connectivity index (χ0n) is 12.1. The second-order valence-corrected chi connectivity index (χ2v) is 5.16. The van der Waals surface area contributed by atoms with Crippen LogP contribution in [0.3, 0.4) is 0 Å². The Balaban J connectivity index is 2.09. The number of nitrogens with one attached hydrogen (secondary N) is 2. The van der Waals surface area contributed by atoms with E-state index < -0.39 is 0 Å². The molecule has 2 N–H and O–H groups in total. The standard InChI is InChI=1S/C14H18BrN5O/c1-3-8-21-14-19-12(16-2)18-13(20-14)17-9-10-6-4-5-7-11(10)15/h4-7H,3,8-9H2,1-2H3,(H2,16,17,18,19,20). The van der Waals surface area contributed by atoms with Gasteiger partial charge in [0, 0.05) is 18.1 Å². The van der Waals surface area contributed by atoms with Crippen molar-refractivity contribution in [3.8, 4) is 6.01 Å². The number of benzene rings is 1. The first-order valence-electron chi connectivity index (χ1n) is 6.76. The van der Waals surface area contributed by atoms with Crippen molar-refractivity contribution < 1.29 is 4.74 Å². The summed E-state index contributed by atoms with van der Waals surface area (Å²) in [4.78, 5) is 12.7. The lowest BCUT2D eigenvalue weighted by Gasteiger charge is -2.09. The number of anilines is 2. The quantitative estimate of drug-likeness (QED) is 0.798. The zero-order valence-corrected chi connectivity index (χ0v) is 13.6. The molecule has 21 heavy (non-hydrogen) atoms. The topological polar surface area (TPSA) is 72.0 Å². The average molecular weight is 352 g/mol. The van der Waals surface area contributed by atoms with Crippen molar-refractivity contribution in [2.45, 2.75) is 19.9 Å². The summed E-state index contributed by atoms with van der Waals surface area (Å²) in [6.07, 6.45) is 0.903. The van der Waals surface area contributed by atoms with Gasteiger partial charge in [-0.3, -0.25) is 0 Å². The fourth-order valence-corrected chi connectivity index (χ4v) is 2.05. The average Bonchev–Trinajstić information content (AvgIpc) is 2.52. The van der Waals surface area contributed by atoms with Crippen molar-refractivity contribution in [2.24, 2.45) is 0 Å². The van der Waals surface area contributed by atoms with E-state index in [9.17, 15) is 0 Å². The third-order valence-electron chi connectivity index (χ3n) is 2.67. The Morgan fingerprint density at radius 3 is 2.62 bits per heavy atom. The molecule has 0 amide bonds. The maximum absolute atomic E-state index is 5.46. The van der Waals surface area contributed by atoms with Gasteiger partial charge in [0.05, 0.1) is 6.61 Å². The van der Waals surface area contributed by atoms with Crippen molar-refractivity contribution in [3.05, 3.63) is 34.3 Å². The summed E-state index contributed by atoms with van der Waals surface area (Å²) in [5.41, 5.74) is 1.12. The lowest BCUT2D eigenvalue weighted by Crippen LogP contribution is -2.10. The van der Waals surface area contributed by atoms with Crippen LogP contribution < -0.4 is 15.4 Å². The van der Waals surface area contributed by atoms with Crippen molar-refractivity contribution in [3.63, 3.8) is 0 Å². The van der Waals surface area contributed by atoms with Gasteiger partial charge < -0.3 is 15.4 Å². The highest BCUT2D eigenvalue weighted by Crippen LogP contribution is 2.17. The molecular formula is C14H18BrN5O. The van der Waals surface area contributed by atoms with E-state index in [0.717, 1.165) is 16.5 Å². The van der Waals surface area contributed by atoms with E-state index in [1.807, 2.05) is 31.2 Å². The Bertz CT molecular complexity index is 593. The third-order valence-corrected chi connectivity index (χ3v) is 3.44. The number of halogens is 1. The van der Waals surface area contributed by atoms with E-state index in [0.29, 0.717) is 31.1 Å². The summed E-state index contributed by atoms with van der Waals surface area (Å²) in [5, 5.41) is 6.08. The van der Waals surface area contributed by atoms with Crippen LogP contribution in [0.15, 0.2) is 28.7 Å². The van der Waals surface area contributed by atoms with Crippen LogP contribution in [-0.2, 0) is 6.54 Å². The van der Waals surface area contributed by atoms with Crippen LogP contribution in [-0.4, -0.2) is 28.6 Å². The number of aromatic nitrogens is 3. The maximum Gasteiger partial charge on any atom is 0.323 e. The van der Waals surface area contributed by atoms with Crippen molar-refractivity contribution >= 4 is 27.8 Å². The van der Waals surface area contributed by atoms with Gasteiger partial charge in [0.25, 0.3) is 0 Å². The molecule has 1 aromatic carbocycles. The Morgan fingerprint density at radius 1 is 1.14 bits per heavy atom. The van der Waals surface area contributed by atoms with E-state index in [1.54, 1.807) is 7.05 Å². The third kappa shape index (κ3) is 4.56. The predicted molar refractivity (Wildman–Crippen MR) is 86.6 cm³/mol. The van der Waals surface area contributed by atoms with Gasteiger partial charge in [0.2, 0.25) is 11.9 Å². The van der Waals surface area contributed by atoms with Crippen LogP contribution in [0.4, 0.5) is 11.9 Å². The van der Waals surface area contributed by atoms with E-state index in [1.165, 1.54) is 0 Å². The number of rotatable bonds is 7. The Labute approximate surface area is 132 Å². The Hall–Kier alpha value is -1.89. The van der Waals surface area contributed by atoms with Gasteiger partial charge in [0.1, 0.15) is 0 Å². The van der Waals surface area contributed by atoms with E-state index in [-0.39, 0.29) is 0 Å². The minimum Gasteiger partial charge on any atom is -0.463 e. The van der Waals surface area contributed by atoms with Crippen molar-refractivity contribution in [1.82, 2.24) is 15.0 Å². The first kappa shape index (κ1) is 15.5. The lowest BCUT2D eigenvalue weighted by molar-refractivity contribution is 0.292. The summed E-state index contributed by atoms with van der Waals surface area (Å²) in [6.45, 7) is 3.23. The minimum atomic E-state index is 0.325. The molecule has 0 saturated carbocycles. The van der Waals surface area contributed by atoms with Crippen LogP contribution in [0.2, 0.25) is 0 Å². The maximum atomic E-state index is 5.46. The zero-order chi connectivity index (χ0) is 15.1. The van der Waals surface area contributed by atoms with Gasteiger partial charge in [-0.05, 0) is 18.1 Å². The van der Waals surface area contributed by atoms with Gasteiger partial charge in [0.15, 0.2) is 0 Å². The molecule has 0 aliphatic carbocycles. The molecule has 112 valence electrons. The molecule has 0 saturated heterocycles.